The number of alkyl halides is 2. The third kappa shape index (κ3) is 5.02. The average Bonchev–Trinajstić information content (AvgIpc) is 2.50. The molecule has 2 unspecified atom stereocenters. The minimum atomic E-state index is -2.46. The summed E-state index contributed by atoms with van der Waals surface area (Å²) in [6, 6.07) is 6.78. The predicted octanol–water partition coefficient (Wildman–Crippen LogP) is 3.37. The van der Waals surface area contributed by atoms with Crippen molar-refractivity contribution in [1.29, 1.82) is 0 Å². The lowest BCUT2D eigenvalue weighted by Crippen LogP contribution is -2.41. The van der Waals surface area contributed by atoms with Crippen LogP contribution in [0.15, 0.2) is 24.3 Å². The maximum Gasteiger partial charge on any atom is 0.263 e. The molecule has 0 aliphatic heterocycles. The Labute approximate surface area is 126 Å². The fraction of sp³-hybridized carbons (Fsp3) is 0.625. The third-order valence-electron chi connectivity index (χ3n) is 3.88. The summed E-state index contributed by atoms with van der Waals surface area (Å²) in [5.41, 5.74) is 6.81. The number of halogens is 2. The van der Waals surface area contributed by atoms with Gasteiger partial charge in [0.05, 0.1) is 6.61 Å². The number of ether oxygens (including phenoxy) is 1. The summed E-state index contributed by atoms with van der Waals surface area (Å²) < 4.78 is 30.9. The van der Waals surface area contributed by atoms with Crippen molar-refractivity contribution >= 4 is 0 Å². The number of hydrogen-bond donors (Lipinski definition) is 1. The van der Waals surface area contributed by atoms with E-state index in [0.717, 1.165) is 18.5 Å². The van der Waals surface area contributed by atoms with Crippen molar-refractivity contribution < 1.29 is 13.5 Å². The van der Waals surface area contributed by atoms with E-state index in [4.69, 9.17) is 10.5 Å². The van der Waals surface area contributed by atoms with Crippen LogP contribution in [0.5, 0.6) is 0 Å². The second-order valence-electron chi connectivity index (χ2n) is 5.21. The molecule has 0 radical (unpaired) electrons. The maximum atomic E-state index is 12.9. The molecular weight excluding hydrogens is 274 g/mol. The number of rotatable bonds is 9. The van der Waals surface area contributed by atoms with Crippen molar-refractivity contribution in [2.75, 3.05) is 26.8 Å². The highest BCUT2D eigenvalue weighted by atomic mass is 19.3. The molecule has 1 aromatic rings. The lowest BCUT2D eigenvalue weighted by molar-refractivity contribution is 0.0899. The zero-order chi connectivity index (χ0) is 15.8. The van der Waals surface area contributed by atoms with Gasteiger partial charge in [-0.1, -0.05) is 25.1 Å². The van der Waals surface area contributed by atoms with E-state index in [2.05, 4.69) is 18.7 Å². The van der Waals surface area contributed by atoms with E-state index in [-0.39, 0.29) is 11.6 Å². The summed E-state index contributed by atoms with van der Waals surface area (Å²) in [6.07, 6.45) is -1.49. The van der Waals surface area contributed by atoms with Crippen LogP contribution in [0.2, 0.25) is 0 Å². The summed E-state index contributed by atoms with van der Waals surface area (Å²) >= 11 is 0. The first-order valence-electron chi connectivity index (χ1n) is 7.37. The lowest BCUT2D eigenvalue weighted by Gasteiger charge is -2.36. The van der Waals surface area contributed by atoms with Gasteiger partial charge in [-0.3, -0.25) is 4.90 Å². The second-order valence-corrected chi connectivity index (χ2v) is 5.21. The molecule has 5 heteroatoms. The molecule has 0 aliphatic carbocycles. The first kappa shape index (κ1) is 18.0. The predicted molar refractivity (Wildman–Crippen MR) is 81.5 cm³/mol. The molecule has 0 aromatic heterocycles. The number of hydrogen-bond acceptors (Lipinski definition) is 3. The van der Waals surface area contributed by atoms with E-state index in [1.807, 2.05) is 6.07 Å². The van der Waals surface area contributed by atoms with Crippen LogP contribution in [0.25, 0.3) is 0 Å². The number of benzene rings is 1. The smallest absolute Gasteiger partial charge is 0.263 e. The summed E-state index contributed by atoms with van der Waals surface area (Å²) in [5.74, 6) is 0. The minimum absolute atomic E-state index is 0.0433. The number of methoxy groups -OCH3 is 1. The van der Waals surface area contributed by atoms with Crippen LogP contribution in [0.1, 0.15) is 43.9 Å². The van der Waals surface area contributed by atoms with E-state index in [9.17, 15) is 8.78 Å². The van der Waals surface area contributed by atoms with Crippen molar-refractivity contribution in [1.82, 2.24) is 4.90 Å². The molecule has 0 bridgehead atoms. The highest BCUT2D eigenvalue weighted by molar-refractivity contribution is 5.27. The van der Waals surface area contributed by atoms with Gasteiger partial charge in [0.1, 0.15) is 0 Å². The molecule has 1 aromatic carbocycles. The zero-order valence-electron chi connectivity index (χ0n) is 13.1. The second kappa shape index (κ2) is 9.07. The molecule has 1 rings (SSSR count). The quantitative estimate of drug-likeness (QED) is 0.760. The largest absolute Gasteiger partial charge is 0.383 e. The summed E-state index contributed by atoms with van der Waals surface area (Å²) in [6.45, 7) is 5.94. The van der Waals surface area contributed by atoms with Gasteiger partial charge in [-0.15, -0.1) is 0 Å². The molecular formula is C16H26F2N2O. The van der Waals surface area contributed by atoms with Gasteiger partial charge in [-0.05, 0) is 25.0 Å². The molecule has 0 heterocycles. The van der Waals surface area contributed by atoms with Crippen LogP contribution in [0, 0.1) is 0 Å². The Balaban J connectivity index is 3.03. The van der Waals surface area contributed by atoms with Crippen molar-refractivity contribution in [3.63, 3.8) is 0 Å². The molecule has 0 saturated heterocycles. The SMILES string of the molecule is CCC(C)N(CCOC)C(CN)c1cccc(C(F)F)c1. The van der Waals surface area contributed by atoms with Gasteiger partial charge in [-0.25, -0.2) is 8.78 Å². The van der Waals surface area contributed by atoms with E-state index >= 15 is 0 Å². The van der Waals surface area contributed by atoms with E-state index < -0.39 is 6.43 Å². The van der Waals surface area contributed by atoms with Gasteiger partial charge < -0.3 is 10.5 Å². The van der Waals surface area contributed by atoms with E-state index in [1.165, 1.54) is 6.07 Å². The van der Waals surface area contributed by atoms with Gasteiger partial charge in [-0.2, -0.15) is 0 Å². The molecule has 0 aliphatic rings. The fourth-order valence-electron chi connectivity index (χ4n) is 2.48. The van der Waals surface area contributed by atoms with E-state index in [1.54, 1.807) is 19.2 Å². The van der Waals surface area contributed by atoms with Crippen molar-refractivity contribution in [3.05, 3.63) is 35.4 Å². The molecule has 0 spiro atoms. The number of nitrogens with two attached hydrogens (primary N) is 1. The van der Waals surface area contributed by atoms with E-state index in [0.29, 0.717) is 19.2 Å². The minimum Gasteiger partial charge on any atom is -0.383 e. The van der Waals surface area contributed by atoms with Crippen molar-refractivity contribution in [3.8, 4) is 0 Å². The maximum absolute atomic E-state index is 12.9. The zero-order valence-corrected chi connectivity index (χ0v) is 13.1. The fourth-order valence-corrected chi connectivity index (χ4v) is 2.48. The third-order valence-corrected chi connectivity index (χ3v) is 3.88. The Kier molecular flexibility index (Phi) is 7.78. The molecule has 0 fully saturated rings. The molecule has 2 atom stereocenters. The highest BCUT2D eigenvalue weighted by Gasteiger charge is 2.23. The van der Waals surface area contributed by atoms with Crippen LogP contribution in [0.3, 0.4) is 0 Å². The topological polar surface area (TPSA) is 38.5 Å². The van der Waals surface area contributed by atoms with Crippen LogP contribution >= 0.6 is 0 Å². The van der Waals surface area contributed by atoms with Gasteiger partial charge >= 0.3 is 0 Å². The Morgan fingerprint density at radius 1 is 1.29 bits per heavy atom. The average molecular weight is 300 g/mol. The van der Waals surface area contributed by atoms with Gasteiger partial charge in [0.25, 0.3) is 6.43 Å². The lowest BCUT2D eigenvalue weighted by atomic mass is 10.0. The normalized spacial score (nSPS) is 14.7. The molecule has 0 amide bonds. The van der Waals surface area contributed by atoms with Crippen LogP contribution < -0.4 is 5.73 Å². The first-order chi connectivity index (χ1) is 10.0. The molecule has 21 heavy (non-hydrogen) atoms. The van der Waals surface area contributed by atoms with Gasteiger partial charge in [0.15, 0.2) is 0 Å². The van der Waals surface area contributed by atoms with Crippen LogP contribution in [-0.4, -0.2) is 37.7 Å². The van der Waals surface area contributed by atoms with Crippen molar-refractivity contribution in [2.45, 2.75) is 38.8 Å². The Bertz CT molecular complexity index is 415. The molecule has 3 nitrogen and oxygen atoms in total. The molecule has 120 valence electrons. The standard InChI is InChI=1S/C16H26F2N2O/c1-4-12(2)20(8-9-21-3)15(11-19)13-6-5-7-14(10-13)16(17)18/h5-7,10,12,15-16H,4,8-9,11,19H2,1-3H3. The summed E-state index contributed by atoms with van der Waals surface area (Å²) in [7, 11) is 1.66. The summed E-state index contributed by atoms with van der Waals surface area (Å²) in [4.78, 5) is 2.23. The van der Waals surface area contributed by atoms with Crippen molar-refractivity contribution in [2.24, 2.45) is 5.73 Å². The van der Waals surface area contributed by atoms with Crippen LogP contribution in [0.4, 0.5) is 8.78 Å². The molecule has 0 saturated carbocycles. The Morgan fingerprint density at radius 3 is 2.48 bits per heavy atom. The van der Waals surface area contributed by atoms with Gasteiger partial charge in [0, 0.05) is 37.8 Å². The van der Waals surface area contributed by atoms with Gasteiger partial charge in [0.2, 0.25) is 0 Å². The van der Waals surface area contributed by atoms with Crippen LogP contribution in [-0.2, 0) is 4.74 Å². The molecule has 2 N–H and O–H groups in total. The Hall–Kier alpha value is -1.04. The Morgan fingerprint density at radius 2 is 1.95 bits per heavy atom. The summed E-state index contributed by atoms with van der Waals surface area (Å²) in [5, 5.41) is 0. The monoisotopic (exact) mass is 300 g/mol. The highest BCUT2D eigenvalue weighted by Crippen LogP contribution is 2.27. The first-order valence-corrected chi connectivity index (χ1v) is 7.37. The number of nitrogens with zero attached hydrogens (tertiary/aromatic N) is 1.